The quantitative estimate of drug-likeness (QED) is 0.563. The molecular weight excluding hydrogens is 174 g/mol. The molecule has 0 aliphatic carbocycles. The fourth-order valence-corrected chi connectivity index (χ4v) is 1.13. The first-order chi connectivity index (χ1) is 6.56. The summed E-state index contributed by atoms with van der Waals surface area (Å²) in [7, 11) is 0. The lowest BCUT2D eigenvalue weighted by Crippen LogP contribution is -2.38. The summed E-state index contributed by atoms with van der Waals surface area (Å²) >= 11 is 0. The molecule has 0 fully saturated rings. The van der Waals surface area contributed by atoms with E-state index in [0.717, 1.165) is 17.8 Å². The number of hydrogen-bond acceptors (Lipinski definition) is 3. The smallest absolute Gasteiger partial charge is 0.0994 e. The van der Waals surface area contributed by atoms with Gasteiger partial charge in [-0.1, -0.05) is 26.5 Å². The molecule has 0 heterocycles. The molecule has 0 saturated carbocycles. The van der Waals surface area contributed by atoms with Crippen LogP contribution in [0, 0.1) is 5.92 Å². The Bertz CT molecular complexity index is 209. The molecule has 2 atom stereocenters. The zero-order valence-electron chi connectivity index (χ0n) is 9.51. The maximum absolute atomic E-state index is 5.89. The van der Waals surface area contributed by atoms with Gasteiger partial charge in [-0.15, -0.1) is 0 Å². The Balaban J connectivity index is 4.36. The minimum Gasteiger partial charge on any atom is -0.385 e. The first-order valence-corrected chi connectivity index (χ1v) is 5.14. The summed E-state index contributed by atoms with van der Waals surface area (Å²) in [5.74, 6) is 1.13. The van der Waals surface area contributed by atoms with Gasteiger partial charge in [0, 0.05) is 6.04 Å². The molecule has 82 valence electrons. The Morgan fingerprint density at radius 3 is 2.43 bits per heavy atom. The highest BCUT2D eigenvalue weighted by Gasteiger charge is 2.10. The number of rotatable bonds is 6. The minimum atomic E-state index is 0.293. The van der Waals surface area contributed by atoms with Crippen molar-refractivity contribution in [3.05, 3.63) is 24.0 Å². The van der Waals surface area contributed by atoms with E-state index in [0.29, 0.717) is 18.5 Å². The van der Waals surface area contributed by atoms with E-state index in [-0.39, 0.29) is 0 Å². The van der Waals surface area contributed by atoms with Gasteiger partial charge in [0.25, 0.3) is 0 Å². The summed E-state index contributed by atoms with van der Waals surface area (Å²) < 4.78 is 0. The third kappa shape index (κ3) is 3.83. The van der Waals surface area contributed by atoms with E-state index in [9.17, 15) is 0 Å². The van der Waals surface area contributed by atoms with Crippen molar-refractivity contribution in [3.63, 3.8) is 0 Å². The Morgan fingerprint density at radius 2 is 2.07 bits per heavy atom. The lowest BCUT2D eigenvalue weighted by atomic mass is 10.0. The zero-order chi connectivity index (χ0) is 11.1. The predicted molar refractivity (Wildman–Crippen MR) is 62.5 cm³/mol. The second-order valence-corrected chi connectivity index (χ2v) is 3.64. The normalized spacial score (nSPS) is 16.9. The van der Waals surface area contributed by atoms with Gasteiger partial charge in [-0.05, 0) is 31.4 Å². The molecule has 0 aliphatic rings. The van der Waals surface area contributed by atoms with Crippen LogP contribution in [0.25, 0.3) is 0 Å². The van der Waals surface area contributed by atoms with Crippen LogP contribution in [0.2, 0.25) is 0 Å². The monoisotopic (exact) mass is 197 g/mol. The van der Waals surface area contributed by atoms with Crippen molar-refractivity contribution in [1.29, 1.82) is 0 Å². The maximum Gasteiger partial charge on any atom is 0.0994 e. The first kappa shape index (κ1) is 13.0. The van der Waals surface area contributed by atoms with E-state index in [2.05, 4.69) is 32.7 Å². The van der Waals surface area contributed by atoms with Crippen molar-refractivity contribution in [3.8, 4) is 0 Å². The summed E-state index contributed by atoms with van der Waals surface area (Å²) in [5.41, 5.74) is 12.5. The lowest BCUT2D eigenvalue weighted by molar-refractivity contribution is 0.434. The molecule has 14 heavy (non-hydrogen) atoms. The molecule has 3 nitrogen and oxygen atoms in total. The molecule has 1 unspecified atom stereocenters. The minimum absolute atomic E-state index is 0.293. The van der Waals surface area contributed by atoms with E-state index >= 15 is 0 Å². The maximum atomic E-state index is 5.89. The standard InChI is InChI=1S/C11H23N3/c1-5-10(6-2)11(13)14-9(4)8(3)7-12/h5,8-9,14H,1,6-7,12-13H2,2-4H3/b11-10-/t8-,9?/m1/s1. The first-order valence-electron chi connectivity index (χ1n) is 5.14. The van der Waals surface area contributed by atoms with Crippen molar-refractivity contribution in [2.24, 2.45) is 17.4 Å². The number of nitrogens with two attached hydrogens (primary N) is 2. The van der Waals surface area contributed by atoms with Gasteiger partial charge >= 0.3 is 0 Å². The van der Waals surface area contributed by atoms with E-state index in [1.165, 1.54) is 0 Å². The van der Waals surface area contributed by atoms with Crippen LogP contribution >= 0.6 is 0 Å². The zero-order valence-corrected chi connectivity index (χ0v) is 9.51. The SMILES string of the molecule is C=C/C(CC)=C(\N)NC(C)[C@H](C)CN. The highest BCUT2D eigenvalue weighted by Crippen LogP contribution is 2.06. The topological polar surface area (TPSA) is 64.1 Å². The van der Waals surface area contributed by atoms with E-state index in [1.807, 2.05) is 0 Å². The highest BCUT2D eigenvalue weighted by molar-refractivity contribution is 5.20. The van der Waals surface area contributed by atoms with Crippen LogP contribution in [-0.2, 0) is 0 Å². The Hall–Kier alpha value is -0.960. The largest absolute Gasteiger partial charge is 0.385 e. The fraction of sp³-hybridized carbons (Fsp3) is 0.636. The third-order valence-electron chi connectivity index (χ3n) is 2.58. The van der Waals surface area contributed by atoms with Crippen LogP contribution in [0.3, 0.4) is 0 Å². The van der Waals surface area contributed by atoms with Crippen LogP contribution in [-0.4, -0.2) is 12.6 Å². The molecule has 0 aromatic carbocycles. The van der Waals surface area contributed by atoms with Crippen LogP contribution in [0.1, 0.15) is 27.2 Å². The number of allylic oxidation sites excluding steroid dienone is 2. The molecule has 0 saturated heterocycles. The van der Waals surface area contributed by atoms with E-state index in [4.69, 9.17) is 11.5 Å². The number of hydrogen-bond donors (Lipinski definition) is 3. The fourth-order valence-electron chi connectivity index (χ4n) is 1.13. The Kier molecular flexibility index (Phi) is 6.04. The summed E-state index contributed by atoms with van der Waals surface area (Å²) in [6, 6.07) is 0.293. The van der Waals surface area contributed by atoms with Crippen LogP contribution in [0.4, 0.5) is 0 Å². The van der Waals surface area contributed by atoms with Crippen LogP contribution in [0.15, 0.2) is 24.0 Å². The van der Waals surface area contributed by atoms with Gasteiger partial charge < -0.3 is 16.8 Å². The summed E-state index contributed by atoms with van der Waals surface area (Å²) in [4.78, 5) is 0. The van der Waals surface area contributed by atoms with Crippen molar-refractivity contribution in [1.82, 2.24) is 5.32 Å². The molecule has 0 aromatic heterocycles. The molecule has 0 spiro atoms. The molecular formula is C11H23N3. The Labute approximate surface area is 87.2 Å². The molecule has 5 N–H and O–H groups in total. The summed E-state index contributed by atoms with van der Waals surface area (Å²) in [6.45, 7) is 10.6. The van der Waals surface area contributed by atoms with Gasteiger partial charge in [0.1, 0.15) is 0 Å². The number of nitrogens with one attached hydrogen (secondary N) is 1. The molecule has 0 amide bonds. The average Bonchev–Trinajstić information content (AvgIpc) is 2.18. The van der Waals surface area contributed by atoms with Gasteiger partial charge in [-0.2, -0.15) is 0 Å². The Morgan fingerprint density at radius 1 is 1.50 bits per heavy atom. The van der Waals surface area contributed by atoms with Crippen molar-refractivity contribution in [2.75, 3.05) is 6.54 Å². The predicted octanol–water partition coefficient (Wildman–Crippen LogP) is 1.33. The highest BCUT2D eigenvalue weighted by atomic mass is 15.0. The molecule has 0 aromatic rings. The van der Waals surface area contributed by atoms with Crippen molar-refractivity contribution in [2.45, 2.75) is 33.2 Å². The van der Waals surface area contributed by atoms with Crippen molar-refractivity contribution < 1.29 is 0 Å². The van der Waals surface area contributed by atoms with Gasteiger partial charge in [-0.25, -0.2) is 0 Å². The molecule has 0 aliphatic heterocycles. The van der Waals surface area contributed by atoms with Crippen molar-refractivity contribution >= 4 is 0 Å². The van der Waals surface area contributed by atoms with Crippen LogP contribution < -0.4 is 16.8 Å². The second kappa shape index (κ2) is 6.49. The van der Waals surface area contributed by atoms with E-state index < -0.39 is 0 Å². The van der Waals surface area contributed by atoms with Gasteiger partial charge in [0.15, 0.2) is 0 Å². The second-order valence-electron chi connectivity index (χ2n) is 3.64. The molecule has 0 bridgehead atoms. The van der Waals surface area contributed by atoms with Gasteiger partial charge in [0.05, 0.1) is 5.82 Å². The van der Waals surface area contributed by atoms with Gasteiger partial charge in [0.2, 0.25) is 0 Å². The van der Waals surface area contributed by atoms with E-state index in [1.54, 1.807) is 6.08 Å². The average molecular weight is 197 g/mol. The molecule has 0 radical (unpaired) electrons. The van der Waals surface area contributed by atoms with Crippen LogP contribution in [0.5, 0.6) is 0 Å². The lowest BCUT2D eigenvalue weighted by Gasteiger charge is -2.22. The van der Waals surface area contributed by atoms with Gasteiger partial charge in [-0.3, -0.25) is 0 Å². The molecule has 3 heteroatoms. The summed E-state index contributed by atoms with van der Waals surface area (Å²) in [6.07, 6.45) is 2.69. The molecule has 0 rings (SSSR count). The summed E-state index contributed by atoms with van der Waals surface area (Å²) in [5, 5.41) is 3.24. The third-order valence-corrected chi connectivity index (χ3v) is 2.58.